The number of amidine groups is 1. The molecule has 1 aliphatic rings. The summed E-state index contributed by atoms with van der Waals surface area (Å²) in [4.78, 5) is 18.2. The number of nitrogens with zero attached hydrogens (tertiary/aromatic N) is 2. The summed E-state index contributed by atoms with van der Waals surface area (Å²) in [6.07, 6.45) is 2.18. The number of rotatable bonds is 2. The smallest absolute Gasteiger partial charge is 0.295 e. The van der Waals surface area contributed by atoms with Crippen molar-refractivity contribution < 1.29 is 9.53 Å². The number of hydrogen-bond donors (Lipinski definition) is 0. The molecule has 0 aromatic heterocycles. The number of benzene rings is 1. The third kappa shape index (κ3) is 3.64. The van der Waals surface area contributed by atoms with Crippen LogP contribution in [0, 0.1) is 0 Å². The number of carbonyl (C=O) groups excluding carboxylic acids is 1. The maximum absolute atomic E-state index is 12.2. The van der Waals surface area contributed by atoms with Gasteiger partial charge in [0.2, 0.25) is 0 Å². The van der Waals surface area contributed by atoms with E-state index in [1.54, 1.807) is 12.1 Å². The van der Waals surface area contributed by atoms with E-state index in [1.165, 1.54) is 6.07 Å². The summed E-state index contributed by atoms with van der Waals surface area (Å²) in [5.74, 6) is -0.376. The van der Waals surface area contributed by atoms with Crippen molar-refractivity contribution in [2.75, 3.05) is 19.7 Å². The van der Waals surface area contributed by atoms with Crippen molar-refractivity contribution in [1.82, 2.24) is 4.90 Å². The zero-order valence-electron chi connectivity index (χ0n) is 11.2. The zero-order valence-corrected chi connectivity index (χ0v) is 12.7. The van der Waals surface area contributed by atoms with Crippen molar-refractivity contribution in [2.45, 2.75) is 19.8 Å². The standard InChI is InChI=1S/C14H16Cl2N2O2/c1-2-20-14(18-7-3-4-8-18)17-13(19)10-5-6-11(15)12(16)9-10/h5-6,9H,2-4,7-8H2,1H3. The molecule has 108 valence electrons. The summed E-state index contributed by atoms with van der Waals surface area (Å²) in [6, 6.07) is 5.10. The topological polar surface area (TPSA) is 41.9 Å². The van der Waals surface area contributed by atoms with Gasteiger partial charge in [0.15, 0.2) is 0 Å². The predicted octanol–water partition coefficient (Wildman–Crippen LogP) is 3.62. The van der Waals surface area contributed by atoms with Crippen molar-refractivity contribution in [3.8, 4) is 0 Å². The van der Waals surface area contributed by atoms with Crippen LogP contribution in [0.25, 0.3) is 0 Å². The Morgan fingerprint density at radius 3 is 2.60 bits per heavy atom. The molecule has 1 heterocycles. The van der Waals surface area contributed by atoms with E-state index in [4.69, 9.17) is 27.9 Å². The minimum Gasteiger partial charge on any atom is -0.465 e. The third-order valence-electron chi connectivity index (χ3n) is 3.01. The molecule has 0 saturated carbocycles. The van der Waals surface area contributed by atoms with E-state index in [-0.39, 0.29) is 5.91 Å². The maximum atomic E-state index is 12.2. The molecule has 20 heavy (non-hydrogen) atoms. The van der Waals surface area contributed by atoms with Gasteiger partial charge >= 0.3 is 0 Å². The van der Waals surface area contributed by atoms with Gasteiger partial charge in [-0.05, 0) is 38.0 Å². The van der Waals surface area contributed by atoms with Gasteiger partial charge in [0.05, 0.1) is 16.7 Å². The van der Waals surface area contributed by atoms with E-state index in [2.05, 4.69) is 4.99 Å². The molecule has 0 N–H and O–H groups in total. The minimum atomic E-state index is -0.376. The van der Waals surface area contributed by atoms with Crippen molar-refractivity contribution in [1.29, 1.82) is 0 Å². The van der Waals surface area contributed by atoms with Gasteiger partial charge in [0, 0.05) is 18.7 Å². The molecule has 0 unspecified atom stereocenters. The largest absolute Gasteiger partial charge is 0.465 e. The number of amides is 1. The second-order valence-corrected chi connectivity index (χ2v) is 5.27. The number of carbonyl (C=O) groups is 1. The summed E-state index contributed by atoms with van der Waals surface area (Å²) < 4.78 is 5.47. The highest BCUT2D eigenvalue weighted by Gasteiger charge is 2.19. The summed E-state index contributed by atoms with van der Waals surface area (Å²) in [5.41, 5.74) is 0.399. The normalized spacial score (nSPS) is 15.6. The van der Waals surface area contributed by atoms with Crippen molar-refractivity contribution in [3.63, 3.8) is 0 Å². The quantitative estimate of drug-likeness (QED) is 0.618. The number of hydrogen-bond acceptors (Lipinski definition) is 2. The molecule has 1 aromatic carbocycles. The fraction of sp³-hybridized carbons (Fsp3) is 0.429. The summed E-state index contributed by atoms with van der Waals surface area (Å²) in [5, 5.41) is 0.753. The molecule has 0 spiro atoms. The van der Waals surface area contributed by atoms with Crippen LogP contribution in [0.5, 0.6) is 0 Å². The summed E-state index contributed by atoms with van der Waals surface area (Å²) in [6.45, 7) is 4.08. The molecule has 0 radical (unpaired) electrons. The van der Waals surface area contributed by atoms with Crippen LogP contribution >= 0.6 is 23.2 Å². The third-order valence-corrected chi connectivity index (χ3v) is 3.75. The molecule has 1 fully saturated rings. The second kappa shape index (κ2) is 6.95. The Kier molecular flexibility index (Phi) is 5.26. The van der Waals surface area contributed by atoms with Gasteiger partial charge in [0.1, 0.15) is 0 Å². The molecule has 1 saturated heterocycles. The van der Waals surface area contributed by atoms with Crippen molar-refractivity contribution >= 4 is 35.1 Å². The van der Waals surface area contributed by atoms with Crippen LogP contribution in [0.2, 0.25) is 10.0 Å². The molecular formula is C14H16Cl2N2O2. The van der Waals surface area contributed by atoms with Crippen LogP contribution in [0.1, 0.15) is 30.1 Å². The Bertz CT molecular complexity index is 526. The van der Waals surface area contributed by atoms with E-state index in [1.807, 2.05) is 11.8 Å². The molecule has 0 atom stereocenters. The average molecular weight is 315 g/mol. The first-order valence-electron chi connectivity index (χ1n) is 6.57. The highest BCUT2D eigenvalue weighted by molar-refractivity contribution is 6.42. The van der Waals surface area contributed by atoms with E-state index >= 15 is 0 Å². The summed E-state index contributed by atoms with van der Waals surface area (Å²) >= 11 is 11.7. The van der Waals surface area contributed by atoms with Crippen LogP contribution in [-0.2, 0) is 4.74 Å². The van der Waals surface area contributed by atoms with Crippen molar-refractivity contribution in [3.05, 3.63) is 33.8 Å². The highest BCUT2D eigenvalue weighted by Crippen LogP contribution is 2.23. The van der Waals surface area contributed by atoms with E-state index < -0.39 is 0 Å². The molecule has 1 amide bonds. The first kappa shape index (κ1) is 15.1. The zero-order chi connectivity index (χ0) is 14.5. The van der Waals surface area contributed by atoms with Crippen LogP contribution in [-0.4, -0.2) is 36.5 Å². The van der Waals surface area contributed by atoms with Gasteiger partial charge in [-0.2, -0.15) is 4.99 Å². The van der Waals surface area contributed by atoms with E-state index in [9.17, 15) is 4.79 Å². The molecular weight excluding hydrogens is 299 g/mol. The first-order valence-corrected chi connectivity index (χ1v) is 7.33. The Hall–Kier alpha value is -1.26. The molecule has 4 nitrogen and oxygen atoms in total. The Morgan fingerprint density at radius 1 is 1.30 bits per heavy atom. The predicted molar refractivity (Wildman–Crippen MR) is 80.7 cm³/mol. The second-order valence-electron chi connectivity index (χ2n) is 4.46. The lowest BCUT2D eigenvalue weighted by Crippen LogP contribution is -2.31. The van der Waals surface area contributed by atoms with Gasteiger partial charge in [-0.3, -0.25) is 4.79 Å². The van der Waals surface area contributed by atoms with Gasteiger partial charge < -0.3 is 9.64 Å². The first-order chi connectivity index (χ1) is 9.61. The van der Waals surface area contributed by atoms with E-state index in [0.717, 1.165) is 25.9 Å². The van der Waals surface area contributed by atoms with Gasteiger partial charge in [0.25, 0.3) is 11.9 Å². The van der Waals surface area contributed by atoms with Gasteiger partial charge in [-0.15, -0.1) is 0 Å². The van der Waals surface area contributed by atoms with Crippen LogP contribution in [0.4, 0.5) is 0 Å². The fourth-order valence-electron chi connectivity index (χ4n) is 2.01. The lowest BCUT2D eigenvalue weighted by atomic mass is 10.2. The average Bonchev–Trinajstić information content (AvgIpc) is 2.95. The number of halogens is 2. The van der Waals surface area contributed by atoms with Gasteiger partial charge in [-0.25, -0.2) is 0 Å². The number of ether oxygens (including phenoxy) is 1. The SMILES string of the molecule is CCOC(=NC(=O)c1ccc(Cl)c(Cl)c1)N1CCCC1. The number of likely N-dealkylation sites (tertiary alicyclic amines) is 1. The molecule has 1 aromatic rings. The molecule has 0 bridgehead atoms. The van der Waals surface area contributed by atoms with Crippen LogP contribution in [0.15, 0.2) is 23.2 Å². The minimum absolute atomic E-state index is 0.340. The van der Waals surface area contributed by atoms with Crippen LogP contribution in [0.3, 0.4) is 0 Å². The summed E-state index contributed by atoms with van der Waals surface area (Å²) in [7, 11) is 0. The fourth-order valence-corrected chi connectivity index (χ4v) is 2.31. The van der Waals surface area contributed by atoms with Gasteiger partial charge in [-0.1, -0.05) is 23.2 Å². The molecule has 2 rings (SSSR count). The number of aliphatic imine (C=N–C) groups is 1. The van der Waals surface area contributed by atoms with Crippen molar-refractivity contribution in [2.24, 2.45) is 4.99 Å². The molecule has 6 heteroatoms. The Balaban J connectivity index is 2.20. The maximum Gasteiger partial charge on any atom is 0.295 e. The molecule has 0 aliphatic carbocycles. The Morgan fingerprint density at radius 2 is 2.00 bits per heavy atom. The highest BCUT2D eigenvalue weighted by atomic mass is 35.5. The van der Waals surface area contributed by atoms with Crippen LogP contribution < -0.4 is 0 Å². The lowest BCUT2D eigenvalue weighted by Gasteiger charge is -2.18. The molecule has 1 aliphatic heterocycles. The monoisotopic (exact) mass is 314 g/mol. The lowest BCUT2D eigenvalue weighted by molar-refractivity contribution is 0.0995. The van der Waals surface area contributed by atoms with E-state index in [0.29, 0.717) is 28.2 Å². The Labute approximate surface area is 128 Å².